The Balaban J connectivity index is 1.54. The van der Waals surface area contributed by atoms with Crippen LogP contribution in [0.3, 0.4) is 0 Å². The second kappa shape index (κ2) is 7.77. The molecule has 8 heteroatoms. The number of nitro benzene ring substituents is 1. The third kappa shape index (κ3) is 3.95. The average Bonchev–Trinajstić information content (AvgIpc) is 3.35. The summed E-state index contributed by atoms with van der Waals surface area (Å²) in [4.78, 5) is 40.0. The summed E-state index contributed by atoms with van der Waals surface area (Å²) in [5.74, 6) is -0.254. The minimum atomic E-state index is -0.491. The molecule has 1 atom stereocenters. The standard InChI is InChI=1S/C20H26N4O4/c25-19(21-15-5-6-15)14-4-3-11-23(13-14)16-7-8-18(24(27)28)17(12-16)20(26)22-9-1-2-10-22/h7-8,12,14-15H,1-6,9-11,13H2,(H,21,25). The Bertz CT molecular complexity index is 786. The lowest BCUT2D eigenvalue weighted by Crippen LogP contribution is -2.43. The SMILES string of the molecule is O=C(NC1CC1)C1CCCN(c2ccc([N+](=O)[O-])c(C(=O)N3CCCC3)c2)C1. The average molecular weight is 386 g/mol. The summed E-state index contributed by atoms with van der Waals surface area (Å²) in [6, 6.07) is 5.10. The van der Waals surface area contributed by atoms with Gasteiger partial charge in [0.05, 0.1) is 10.8 Å². The van der Waals surface area contributed by atoms with E-state index in [1.165, 1.54) is 6.07 Å². The van der Waals surface area contributed by atoms with Crippen molar-refractivity contribution in [3.8, 4) is 0 Å². The maximum atomic E-state index is 12.8. The number of nitro groups is 1. The van der Waals surface area contributed by atoms with E-state index in [-0.39, 0.29) is 29.0 Å². The Morgan fingerprint density at radius 1 is 1.07 bits per heavy atom. The van der Waals surface area contributed by atoms with E-state index in [2.05, 4.69) is 10.2 Å². The molecule has 1 aromatic rings. The molecular weight excluding hydrogens is 360 g/mol. The number of carbonyl (C=O) groups is 2. The fraction of sp³-hybridized carbons (Fsp3) is 0.600. The summed E-state index contributed by atoms with van der Waals surface area (Å²) in [5, 5.41) is 14.5. The van der Waals surface area contributed by atoms with Gasteiger partial charge in [-0.2, -0.15) is 0 Å². The molecule has 2 saturated heterocycles. The van der Waals surface area contributed by atoms with E-state index >= 15 is 0 Å². The van der Waals surface area contributed by atoms with Crippen molar-refractivity contribution in [2.24, 2.45) is 5.92 Å². The zero-order valence-corrected chi connectivity index (χ0v) is 15.9. The molecule has 1 aromatic carbocycles. The van der Waals surface area contributed by atoms with Gasteiger partial charge in [-0.3, -0.25) is 19.7 Å². The number of piperidine rings is 1. The van der Waals surface area contributed by atoms with Crippen molar-refractivity contribution in [3.63, 3.8) is 0 Å². The molecule has 3 fully saturated rings. The summed E-state index contributed by atoms with van der Waals surface area (Å²) in [6.07, 6.45) is 5.72. The second-order valence-electron chi connectivity index (χ2n) is 8.03. The number of hydrogen-bond acceptors (Lipinski definition) is 5. The minimum Gasteiger partial charge on any atom is -0.371 e. The van der Waals surface area contributed by atoms with Crippen LogP contribution in [0, 0.1) is 16.0 Å². The normalized spacial score (nSPS) is 22.2. The first kappa shape index (κ1) is 18.7. The zero-order chi connectivity index (χ0) is 19.7. The Hall–Kier alpha value is -2.64. The van der Waals surface area contributed by atoms with Crippen LogP contribution in [0.2, 0.25) is 0 Å². The first-order chi connectivity index (χ1) is 13.5. The molecule has 1 saturated carbocycles. The predicted octanol–water partition coefficient (Wildman–Crippen LogP) is 2.33. The highest BCUT2D eigenvalue weighted by molar-refractivity contribution is 5.99. The van der Waals surface area contributed by atoms with E-state index in [0.717, 1.165) is 50.8 Å². The topological polar surface area (TPSA) is 95.8 Å². The third-order valence-electron chi connectivity index (χ3n) is 5.88. The van der Waals surface area contributed by atoms with Crippen LogP contribution < -0.4 is 10.2 Å². The summed E-state index contributed by atoms with van der Waals surface area (Å²) < 4.78 is 0. The van der Waals surface area contributed by atoms with Crippen molar-refractivity contribution < 1.29 is 14.5 Å². The first-order valence-corrected chi connectivity index (χ1v) is 10.2. The van der Waals surface area contributed by atoms with Crippen LogP contribution in [-0.2, 0) is 4.79 Å². The lowest BCUT2D eigenvalue weighted by Gasteiger charge is -2.34. The third-order valence-corrected chi connectivity index (χ3v) is 5.88. The number of anilines is 1. The largest absolute Gasteiger partial charge is 0.371 e. The molecule has 8 nitrogen and oxygen atoms in total. The smallest absolute Gasteiger partial charge is 0.282 e. The Morgan fingerprint density at radius 3 is 2.50 bits per heavy atom. The highest BCUT2D eigenvalue weighted by Gasteiger charge is 2.32. The number of hydrogen-bond donors (Lipinski definition) is 1. The van der Waals surface area contributed by atoms with Gasteiger partial charge >= 0.3 is 0 Å². The van der Waals surface area contributed by atoms with E-state index in [0.29, 0.717) is 25.7 Å². The van der Waals surface area contributed by atoms with Gasteiger partial charge in [0, 0.05) is 44.0 Å². The van der Waals surface area contributed by atoms with Crippen LogP contribution in [0.4, 0.5) is 11.4 Å². The Kier molecular flexibility index (Phi) is 5.19. The summed E-state index contributed by atoms with van der Waals surface area (Å²) >= 11 is 0. The van der Waals surface area contributed by atoms with E-state index in [1.807, 2.05) is 0 Å². The number of nitrogens with one attached hydrogen (secondary N) is 1. The molecule has 0 radical (unpaired) electrons. The summed E-state index contributed by atoms with van der Waals surface area (Å²) in [7, 11) is 0. The van der Waals surface area contributed by atoms with Crippen LogP contribution >= 0.6 is 0 Å². The van der Waals surface area contributed by atoms with Crippen LogP contribution in [-0.4, -0.2) is 53.9 Å². The fourth-order valence-corrected chi connectivity index (χ4v) is 4.11. The van der Waals surface area contributed by atoms with Crippen LogP contribution in [0.25, 0.3) is 0 Å². The highest BCUT2D eigenvalue weighted by atomic mass is 16.6. The summed E-state index contributed by atoms with van der Waals surface area (Å²) in [6.45, 7) is 2.65. The molecule has 1 N–H and O–H groups in total. The number of amides is 2. The van der Waals surface area contributed by atoms with Crippen LogP contribution in [0.1, 0.15) is 48.9 Å². The van der Waals surface area contributed by atoms with Crippen molar-refractivity contribution in [1.29, 1.82) is 0 Å². The molecule has 1 aliphatic carbocycles. The van der Waals surface area contributed by atoms with Gasteiger partial charge in [-0.15, -0.1) is 0 Å². The summed E-state index contributed by atoms with van der Waals surface area (Å²) in [5.41, 5.74) is 0.770. The van der Waals surface area contributed by atoms with Gasteiger partial charge in [0.25, 0.3) is 11.6 Å². The Labute approximate surface area is 164 Å². The molecule has 4 rings (SSSR count). The number of nitrogens with zero attached hydrogens (tertiary/aromatic N) is 3. The lowest BCUT2D eigenvalue weighted by atomic mass is 9.96. The van der Waals surface area contributed by atoms with Gasteiger partial charge in [-0.05, 0) is 50.7 Å². The molecule has 2 amide bonds. The maximum absolute atomic E-state index is 12.8. The minimum absolute atomic E-state index is 0.0812. The van der Waals surface area contributed by atoms with Gasteiger partial charge in [-0.25, -0.2) is 0 Å². The molecule has 2 heterocycles. The van der Waals surface area contributed by atoms with E-state index in [9.17, 15) is 19.7 Å². The van der Waals surface area contributed by atoms with E-state index < -0.39 is 4.92 Å². The van der Waals surface area contributed by atoms with Crippen molar-refractivity contribution >= 4 is 23.2 Å². The predicted molar refractivity (Wildman–Crippen MR) is 104 cm³/mol. The van der Waals surface area contributed by atoms with Gasteiger partial charge in [0.2, 0.25) is 5.91 Å². The van der Waals surface area contributed by atoms with E-state index in [1.54, 1.807) is 17.0 Å². The van der Waals surface area contributed by atoms with Gasteiger partial charge in [0.15, 0.2) is 0 Å². The molecule has 1 unspecified atom stereocenters. The highest BCUT2D eigenvalue weighted by Crippen LogP contribution is 2.30. The molecule has 2 aliphatic heterocycles. The first-order valence-electron chi connectivity index (χ1n) is 10.2. The number of likely N-dealkylation sites (tertiary alicyclic amines) is 1. The zero-order valence-electron chi connectivity index (χ0n) is 15.9. The molecular formula is C20H26N4O4. The monoisotopic (exact) mass is 386 g/mol. The van der Waals surface area contributed by atoms with Crippen molar-refractivity contribution in [1.82, 2.24) is 10.2 Å². The van der Waals surface area contributed by atoms with E-state index in [4.69, 9.17) is 0 Å². The molecule has 28 heavy (non-hydrogen) atoms. The molecule has 3 aliphatic rings. The number of rotatable bonds is 5. The number of carbonyl (C=O) groups excluding carboxylic acids is 2. The van der Waals surface area contributed by atoms with Gasteiger partial charge in [-0.1, -0.05) is 0 Å². The Morgan fingerprint density at radius 2 is 1.82 bits per heavy atom. The van der Waals surface area contributed by atoms with Crippen molar-refractivity contribution in [2.45, 2.75) is 44.6 Å². The second-order valence-corrected chi connectivity index (χ2v) is 8.03. The van der Waals surface area contributed by atoms with Gasteiger partial charge < -0.3 is 15.1 Å². The van der Waals surface area contributed by atoms with Crippen molar-refractivity contribution in [3.05, 3.63) is 33.9 Å². The molecule has 0 aromatic heterocycles. The quantitative estimate of drug-likeness (QED) is 0.619. The molecule has 0 spiro atoms. The molecule has 150 valence electrons. The van der Waals surface area contributed by atoms with Crippen molar-refractivity contribution in [2.75, 3.05) is 31.1 Å². The number of benzene rings is 1. The lowest BCUT2D eigenvalue weighted by molar-refractivity contribution is -0.385. The van der Waals surface area contributed by atoms with Crippen LogP contribution in [0.5, 0.6) is 0 Å². The van der Waals surface area contributed by atoms with Crippen LogP contribution in [0.15, 0.2) is 18.2 Å². The maximum Gasteiger partial charge on any atom is 0.282 e. The van der Waals surface area contributed by atoms with Gasteiger partial charge in [0.1, 0.15) is 5.56 Å². The fourth-order valence-electron chi connectivity index (χ4n) is 4.11. The molecule has 0 bridgehead atoms.